The first-order chi connectivity index (χ1) is 16.8. The second-order valence-corrected chi connectivity index (χ2v) is 10.6. The summed E-state index contributed by atoms with van der Waals surface area (Å²) in [6.07, 6.45) is 4.05. The Morgan fingerprint density at radius 1 is 0.914 bits per heavy atom. The van der Waals surface area contributed by atoms with E-state index in [1.165, 1.54) is 10.1 Å². The molecule has 6 nitrogen and oxygen atoms in total. The van der Waals surface area contributed by atoms with Crippen molar-refractivity contribution < 1.29 is 4.79 Å². The number of aromatic nitrogens is 2. The van der Waals surface area contributed by atoms with Gasteiger partial charge in [-0.1, -0.05) is 82.1 Å². The molecule has 0 fully saturated rings. The summed E-state index contributed by atoms with van der Waals surface area (Å²) in [5, 5.41) is 3.01. The molecule has 1 atom stereocenters. The molecule has 3 aromatic rings. The number of nitrogens with one attached hydrogen (secondary N) is 1. The molecule has 0 saturated heterocycles. The van der Waals surface area contributed by atoms with E-state index in [0.717, 1.165) is 53.9 Å². The van der Waals surface area contributed by atoms with E-state index >= 15 is 0 Å². The van der Waals surface area contributed by atoms with Crippen molar-refractivity contribution >= 4 is 17.4 Å². The number of nitrogens with zero attached hydrogens (tertiary/aromatic N) is 2. The predicted octanol–water partition coefficient (Wildman–Crippen LogP) is 4.93. The molecule has 1 unspecified atom stereocenters. The average molecular weight is 496 g/mol. The van der Waals surface area contributed by atoms with Gasteiger partial charge >= 0.3 is 10.6 Å². The molecular formula is C28H37N3O3S. The zero-order valence-corrected chi connectivity index (χ0v) is 22.1. The number of benzene rings is 2. The zero-order chi connectivity index (χ0) is 25.4. The molecule has 0 aliphatic carbocycles. The molecule has 2 aromatic carbocycles. The predicted molar refractivity (Wildman–Crippen MR) is 143 cm³/mol. The Hall–Kier alpha value is -2.93. The van der Waals surface area contributed by atoms with Crippen LogP contribution in [-0.4, -0.2) is 14.4 Å². The van der Waals surface area contributed by atoms with Gasteiger partial charge in [0.1, 0.15) is 0 Å². The van der Waals surface area contributed by atoms with Crippen LogP contribution in [0.15, 0.2) is 58.1 Å². The Bertz CT molecular complexity index is 1200. The number of rotatable bonds is 12. The van der Waals surface area contributed by atoms with Crippen molar-refractivity contribution in [3.63, 3.8) is 0 Å². The number of aryl methyl sites for hydroxylation is 1. The van der Waals surface area contributed by atoms with E-state index in [1.54, 1.807) is 3.96 Å². The van der Waals surface area contributed by atoms with Crippen LogP contribution in [-0.2, 0) is 30.8 Å². The highest BCUT2D eigenvalue weighted by molar-refractivity contribution is 7.03. The van der Waals surface area contributed by atoms with E-state index in [-0.39, 0.29) is 28.9 Å². The summed E-state index contributed by atoms with van der Waals surface area (Å²) in [5.41, 5.74) is 3.91. The lowest BCUT2D eigenvalue weighted by atomic mass is 9.96. The van der Waals surface area contributed by atoms with E-state index in [2.05, 4.69) is 38.2 Å². The Morgan fingerprint density at radius 2 is 1.54 bits per heavy atom. The van der Waals surface area contributed by atoms with Crippen LogP contribution in [0.4, 0.5) is 0 Å². The topological polar surface area (TPSA) is 73.1 Å². The lowest BCUT2D eigenvalue weighted by molar-refractivity contribution is -0.122. The van der Waals surface area contributed by atoms with Crippen LogP contribution in [0.25, 0.3) is 0 Å². The third kappa shape index (κ3) is 7.52. The van der Waals surface area contributed by atoms with Crippen molar-refractivity contribution in [2.45, 2.75) is 78.9 Å². The van der Waals surface area contributed by atoms with Gasteiger partial charge in [0.2, 0.25) is 5.91 Å². The molecule has 188 valence electrons. The second-order valence-electron chi connectivity index (χ2n) is 9.63. The fourth-order valence-electron chi connectivity index (χ4n) is 4.03. The third-order valence-electron chi connectivity index (χ3n) is 6.17. The van der Waals surface area contributed by atoms with Crippen molar-refractivity contribution in [2.24, 2.45) is 5.92 Å². The Balaban J connectivity index is 1.55. The van der Waals surface area contributed by atoms with Gasteiger partial charge in [-0.05, 0) is 47.9 Å². The molecule has 1 heterocycles. The summed E-state index contributed by atoms with van der Waals surface area (Å²) >= 11 is 0.993. The molecule has 7 heteroatoms. The van der Waals surface area contributed by atoms with Gasteiger partial charge in [0.15, 0.2) is 0 Å². The molecule has 0 bridgehead atoms. The van der Waals surface area contributed by atoms with Crippen LogP contribution in [0.3, 0.4) is 0 Å². The van der Waals surface area contributed by atoms with Gasteiger partial charge in [0.05, 0.1) is 12.5 Å². The van der Waals surface area contributed by atoms with Gasteiger partial charge in [-0.15, -0.1) is 0 Å². The monoisotopic (exact) mass is 495 g/mol. The summed E-state index contributed by atoms with van der Waals surface area (Å²) in [6, 6.07) is 16.0. The zero-order valence-electron chi connectivity index (χ0n) is 21.3. The Labute approximate surface area is 211 Å². The van der Waals surface area contributed by atoms with Crippen LogP contribution in [0, 0.1) is 5.92 Å². The lowest BCUT2D eigenvalue weighted by Crippen LogP contribution is -2.29. The second kappa shape index (κ2) is 12.7. The largest absolute Gasteiger partial charge is 0.352 e. The quantitative estimate of drug-likeness (QED) is 0.362. The molecule has 0 radical (unpaired) electrons. The number of carbonyl (C=O) groups excluding carboxylic acids is 1. The number of carbonyl (C=O) groups is 1. The molecular weight excluding hydrogens is 458 g/mol. The Morgan fingerprint density at radius 3 is 2.17 bits per heavy atom. The summed E-state index contributed by atoms with van der Waals surface area (Å²) < 4.78 is 2.85. The SMILES string of the molecule is CCCCCn1sc(=O)n(Cc2ccc(CNC(=O)C(C)c3ccc(CC(C)C)cc3)cc2)c1=O. The van der Waals surface area contributed by atoms with E-state index < -0.39 is 0 Å². The van der Waals surface area contributed by atoms with Crippen LogP contribution in [0.2, 0.25) is 0 Å². The molecule has 3 rings (SSSR count). The van der Waals surface area contributed by atoms with E-state index in [9.17, 15) is 14.4 Å². The van der Waals surface area contributed by atoms with Crippen molar-refractivity contribution in [3.8, 4) is 0 Å². The minimum absolute atomic E-state index is 0.0147. The highest BCUT2D eigenvalue weighted by atomic mass is 32.1. The van der Waals surface area contributed by atoms with Gasteiger partial charge < -0.3 is 5.32 Å². The smallest absolute Gasteiger partial charge is 0.341 e. The van der Waals surface area contributed by atoms with Crippen molar-refractivity contribution in [2.75, 3.05) is 0 Å². The lowest BCUT2D eigenvalue weighted by Gasteiger charge is -2.14. The highest BCUT2D eigenvalue weighted by Crippen LogP contribution is 2.18. The summed E-state index contributed by atoms with van der Waals surface area (Å²) in [7, 11) is 0. The standard InChI is InChI=1S/C28H37N3O3S/c1-5-6-7-16-31-27(33)30(28(34)35-31)19-24-10-8-23(9-11-24)18-29-26(32)21(4)25-14-12-22(13-15-25)17-20(2)3/h8-15,20-21H,5-7,16-19H2,1-4H3,(H,29,32). The first kappa shape index (κ1) is 26.7. The van der Waals surface area contributed by atoms with E-state index in [0.29, 0.717) is 19.0 Å². The van der Waals surface area contributed by atoms with E-state index in [1.807, 2.05) is 43.3 Å². The van der Waals surface area contributed by atoms with Crippen LogP contribution < -0.4 is 15.9 Å². The maximum Gasteiger partial charge on any atom is 0.341 e. The highest BCUT2D eigenvalue weighted by Gasteiger charge is 2.15. The van der Waals surface area contributed by atoms with Crippen LogP contribution in [0.5, 0.6) is 0 Å². The van der Waals surface area contributed by atoms with Crippen molar-refractivity contribution in [3.05, 3.63) is 90.9 Å². The first-order valence-corrected chi connectivity index (χ1v) is 13.3. The van der Waals surface area contributed by atoms with Crippen LogP contribution in [0.1, 0.15) is 75.1 Å². The van der Waals surface area contributed by atoms with E-state index in [4.69, 9.17) is 0 Å². The van der Waals surface area contributed by atoms with Gasteiger partial charge in [0.25, 0.3) is 0 Å². The molecule has 35 heavy (non-hydrogen) atoms. The molecule has 1 N–H and O–H groups in total. The fraction of sp³-hybridized carbons (Fsp3) is 0.464. The number of hydrogen-bond donors (Lipinski definition) is 1. The van der Waals surface area contributed by atoms with Gasteiger partial charge in [-0.2, -0.15) is 0 Å². The third-order valence-corrected chi connectivity index (χ3v) is 7.10. The van der Waals surface area contributed by atoms with Crippen molar-refractivity contribution in [1.29, 1.82) is 0 Å². The first-order valence-electron chi connectivity index (χ1n) is 12.5. The average Bonchev–Trinajstić information content (AvgIpc) is 3.10. The molecule has 0 saturated carbocycles. The van der Waals surface area contributed by atoms with Gasteiger partial charge in [-0.3, -0.25) is 9.59 Å². The summed E-state index contributed by atoms with van der Waals surface area (Å²) in [4.78, 5) is 37.3. The minimum Gasteiger partial charge on any atom is -0.352 e. The number of hydrogen-bond acceptors (Lipinski definition) is 4. The van der Waals surface area contributed by atoms with Crippen LogP contribution >= 0.6 is 11.5 Å². The summed E-state index contributed by atoms with van der Waals surface area (Å²) in [6.45, 7) is 9.71. The minimum atomic E-state index is -0.237. The molecule has 0 spiro atoms. The Kier molecular flexibility index (Phi) is 9.66. The maximum atomic E-state index is 12.7. The number of amides is 1. The maximum absolute atomic E-state index is 12.7. The van der Waals surface area contributed by atoms with Crippen molar-refractivity contribution in [1.82, 2.24) is 13.8 Å². The molecule has 0 aliphatic rings. The fourth-order valence-corrected chi connectivity index (χ4v) is 4.85. The summed E-state index contributed by atoms with van der Waals surface area (Å²) in [5.74, 6) is 0.361. The number of unbranched alkanes of at least 4 members (excludes halogenated alkanes) is 2. The molecule has 0 aliphatic heterocycles. The molecule has 1 aromatic heterocycles. The van der Waals surface area contributed by atoms with Gasteiger partial charge in [-0.25, -0.2) is 13.3 Å². The molecule has 1 amide bonds. The normalized spacial score (nSPS) is 12.1. The van der Waals surface area contributed by atoms with Gasteiger partial charge in [0, 0.05) is 24.6 Å².